The van der Waals surface area contributed by atoms with Crippen LogP contribution in [0.1, 0.15) is 5.56 Å². The third-order valence-corrected chi connectivity index (χ3v) is 4.53. The predicted octanol–water partition coefficient (Wildman–Crippen LogP) is 4.21. The number of anilines is 1. The molecule has 0 spiro atoms. The molecule has 0 aliphatic heterocycles. The van der Waals surface area contributed by atoms with Gasteiger partial charge in [-0.05, 0) is 49.5 Å². The summed E-state index contributed by atoms with van der Waals surface area (Å²) >= 11 is 5.30. The second-order valence-electron chi connectivity index (χ2n) is 6.30. The van der Waals surface area contributed by atoms with Gasteiger partial charge in [-0.15, -0.1) is 0 Å². The van der Waals surface area contributed by atoms with Crippen molar-refractivity contribution < 1.29 is 9.21 Å². The van der Waals surface area contributed by atoms with Crippen LogP contribution in [-0.4, -0.2) is 25.7 Å². The zero-order chi connectivity index (χ0) is 19.5. The molecule has 1 amide bonds. The highest BCUT2D eigenvalue weighted by atomic mass is 32.1. The Balaban J connectivity index is 1.50. The van der Waals surface area contributed by atoms with Gasteiger partial charge in [0.15, 0.2) is 22.7 Å². The third-order valence-electron chi connectivity index (χ3n) is 4.22. The molecule has 4 rings (SSSR count). The summed E-state index contributed by atoms with van der Waals surface area (Å²) < 4.78 is 7.34. The number of carbonyl (C=O) groups excluding carboxylic acids is 1. The maximum atomic E-state index is 12.5. The van der Waals surface area contributed by atoms with Crippen LogP contribution in [0.25, 0.3) is 22.7 Å². The summed E-state index contributed by atoms with van der Waals surface area (Å²) in [5.74, 6) is 1.11. The number of oxazole rings is 1. The van der Waals surface area contributed by atoms with E-state index in [0.717, 1.165) is 16.7 Å². The van der Waals surface area contributed by atoms with E-state index in [1.807, 2.05) is 55.5 Å². The van der Waals surface area contributed by atoms with Crippen molar-refractivity contribution in [3.05, 3.63) is 71.5 Å². The minimum atomic E-state index is -0.196. The molecule has 2 heterocycles. The average Bonchev–Trinajstić information content (AvgIpc) is 3.33. The quantitative estimate of drug-likeness (QED) is 0.498. The first kappa shape index (κ1) is 17.9. The van der Waals surface area contributed by atoms with Gasteiger partial charge >= 0.3 is 0 Å². The Morgan fingerprint density at radius 2 is 2.04 bits per heavy atom. The summed E-state index contributed by atoms with van der Waals surface area (Å²) in [6.07, 6.45) is 3.02. The van der Waals surface area contributed by atoms with Gasteiger partial charge in [0, 0.05) is 16.8 Å². The smallest absolute Gasteiger partial charge is 0.244 e. The van der Waals surface area contributed by atoms with Crippen molar-refractivity contribution in [2.24, 2.45) is 0 Å². The molecule has 0 aliphatic carbocycles. The van der Waals surface area contributed by atoms with E-state index in [9.17, 15) is 4.79 Å². The van der Waals surface area contributed by atoms with Gasteiger partial charge in [-0.3, -0.25) is 14.5 Å². The molecule has 0 saturated heterocycles. The van der Waals surface area contributed by atoms with Crippen LogP contribution in [0.5, 0.6) is 0 Å². The van der Waals surface area contributed by atoms with Crippen LogP contribution in [0.3, 0.4) is 0 Å². The van der Waals surface area contributed by atoms with Crippen molar-refractivity contribution in [3.8, 4) is 22.7 Å². The van der Waals surface area contributed by atoms with E-state index in [0.29, 0.717) is 22.0 Å². The highest BCUT2D eigenvalue weighted by molar-refractivity contribution is 7.71. The van der Waals surface area contributed by atoms with E-state index >= 15 is 0 Å². The number of rotatable bonds is 5. The Hall–Kier alpha value is -3.52. The lowest BCUT2D eigenvalue weighted by Gasteiger charge is -2.09. The van der Waals surface area contributed by atoms with Gasteiger partial charge in [0.2, 0.25) is 5.91 Å². The standard InChI is InChI=1S/C20H17N5O2S/c1-13-3-2-4-15(9-13)19-23-24-20(28)25(19)11-18(26)22-16-7-5-14(6-8-16)17-10-21-12-27-17/h2-10,12H,11H2,1H3,(H,22,26)(H,24,28). The number of amides is 1. The van der Waals surface area contributed by atoms with E-state index in [1.54, 1.807) is 10.8 Å². The summed E-state index contributed by atoms with van der Waals surface area (Å²) in [6, 6.07) is 15.2. The fourth-order valence-corrected chi connectivity index (χ4v) is 3.09. The number of hydrogen-bond donors (Lipinski definition) is 2. The van der Waals surface area contributed by atoms with Crippen molar-refractivity contribution in [2.75, 3.05) is 5.32 Å². The van der Waals surface area contributed by atoms with E-state index in [1.165, 1.54) is 6.39 Å². The van der Waals surface area contributed by atoms with Crippen molar-refractivity contribution in [1.29, 1.82) is 0 Å². The average molecular weight is 391 g/mol. The fourth-order valence-electron chi connectivity index (χ4n) is 2.89. The number of hydrogen-bond acceptors (Lipinski definition) is 5. The summed E-state index contributed by atoms with van der Waals surface area (Å²) in [5.41, 5.74) is 3.57. The van der Waals surface area contributed by atoms with Gasteiger partial charge in [-0.25, -0.2) is 4.98 Å². The SMILES string of the molecule is Cc1cccc(-c2n[nH]c(=S)n2CC(=O)Nc2ccc(-c3cnco3)cc2)c1. The lowest BCUT2D eigenvalue weighted by Crippen LogP contribution is -2.19. The van der Waals surface area contributed by atoms with Gasteiger partial charge < -0.3 is 9.73 Å². The molecule has 0 radical (unpaired) electrons. The number of nitrogens with zero attached hydrogens (tertiary/aromatic N) is 3. The highest BCUT2D eigenvalue weighted by Gasteiger charge is 2.13. The molecule has 2 aromatic carbocycles. The van der Waals surface area contributed by atoms with Crippen molar-refractivity contribution >= 4 is 23.8 Å². The Morgan fingerprint density at radius 1 is 1.21 bits per heavy atom. The van der Waals surface area contributed by atoms with Crippen LogP contribution >= 0.6 is 12.2 Å². The monoisotopic (exact) mass is 391 g/mol. The predicted molar refractivity (Wildman–Crippen MR) is 108 cm³/mol. The zero-order valence-corrected chi connectivity index (χ0v) is 15.9. The number of aryl methyl sites for hydroxylation is 1. The first-order valence-electron chi connectivity index (χ1n) is 8.61. The molecule has 28 heavy (non-hydrogen) atoms. The van der Waals surface area contributed by atoms with Gasteiger partial charge in [0.1, 0.15) is 6.54 Å². The van der Waals surface area contributed by atoms with Crippen molar-refractivity contribution in [2.45, 2.75) is 13.5 Å². The second-order valence-corrected chi connectivity index (χ2v) is 6.69. The molecule has 140 valence electrons. The highest BCUT2D eigenvalue weighted by Crippen LogP contribution is 2.21. The molecule has 8 heteroatoms. The van der Waals surface area contributed by atoms with Crippen LogP contribution in [0.2, 0.25) is 0 Å². The molecule has 0 aliphatic rings. The fraction of sp³-hybridized carbons (Fsp3) is 0.100. The van der Waals surface area contributed by atoms with E-state index in [2.05, 4.69) is 20.5 Å². The molecule has 0 fully saturated rings. The maximum Gasteiger partial charge on any atom is 0.244 e. The first-order valence-corrected chi connectivity index (χ1v) is 9.02. The molecule has 0 atom stereocenters. The van der Waals surface area contributed by atoms with Gasteiger partial charge in [0.25, 0.3) is 0 Å². The molecule has 2 N–H and O–H groups in total. The van der Waals surface area contributed by atoms with Crippen LogP contribution < -0.4 is 5.32 Å². The number of carbonyl (C=O) groups is 1. The van der Waals surface area contributed by atoms with Crippen molar-refractivity contribution in [1.82, 2.24) is 19.7 Å². The van der Waals surface area contributed by atoms with Gasteiger partial charge in [0.05, 0.1) is 6.20 Å². The summed E-state index contributed by atoms with van der Waals surface area (Å²) in [7, 11) is 0. The minimum absolute atomic E-state index is 0.0580. The van der Waals surface area contributed by atoms with E-state index < -0.39 is 0 Å². The molecule has 4 aromatic rings. The number of nitrogens with one attached hydrogen (secondary N) is 2. The molecule has 0 bridgehead atoms. The van der Waals surface area contributed by atoms with Gasteiger partial charge in [-0.2, -0.15) is 5.10 Å². The zero-order valence-electron chi connectivity index (χ0n) is 15.0. The largest absolute Gasteiger partial charge is 0.444 e. The van der Waals surface area contributed by atoms with Crippen LogP contribution in [0.15, 0.2) is 65.5 Å². The number of aromatic amines is 1. The number of benzene rings is 2. The topological polar surface area (TPSA) is 88.7 Å². The summed E-state index contributed by atoms with van der Waals surface area (Å²) in [5, 5.41) is 9.92. The molecular weight excluding hydrogens is 374 g/mol. The van der Waals surface area contributed by atoms with Crippen molar-refractivity contribution in [3.63, 3.8) is 0 Å². The van der Waals surface area contributed by atoms with Crippen LogP contribution in [-0.2, 0) is 11.3 Å². The van der Waals surface area contributed by atoms with Crippen LogP contribution in [0.4, 0.5) is 5.69 Å². The Kier molecular flexibility index (Phi) is 4.86. The maximum absolute atomic E-state index is 12.5. The molecule has 7 nitrogen and oxygen atoms in total. The molecular formula is C20H17N5O2S. The lowest BCUT2D eigenvalue weighted by atomic mass is 10.1. The lowest BCUT2D eigenvalue weighted by molar-refractivity contribution is -0.116. The Bertz CT molecular complexity index is 1160. The normalized spacial score (nSPS) is 10.8. The summed E-state index contributed by atoms with van der Waals surface area (Å²) in [4.78, 5) is 16.4. The molecule has 0 unspecified atom stereocenters. The summed E-state index contributed by atoms with van der Waals surface area (Å²) in [6.45, 7) is 2.06. The molecule has 2 aromatic heterocycles. The minimum Gasteiger partial charge on any atom is -0.444 e. The first-order chi connectivity index (χ1) is 13.6. The van der Waals surface area contributed by atoms with Crippen LogP contribution in [0, 0.1) is 11.7 Å². The van der Waals surface area contributed by atoms with E-state index in [4.69, 9.17) is 16.6 Å². The second kappa shape index (κ2) is 7.61. The van der Waals surface area contributed by atoms with E-state index in [-0.39, 0.29) is 12.5 Å². The number of aromatic nitrogens is 4. The van der Waals surface area contributed by atoms with Gasteiger partial charge in [-0.1, -0.05) is 23.8 Å². The molecule has 0 saturated carbocycles. The number of H-pyrrole nitrogens is 1. The third kappa shape index (κ3) is 3.77. The Labute approximate surface area is 166 Å². The Morgan fingerprint density at radius 3 is 2.75 bits per heavy atom.